The van der Waals surface area contributed by atoms with Crippen molar-refractivity contribution >= 4 is 39.5 Å². The fourth-order valence-corrected chi connectivity index (χ4v) is 1.78. The van der Waals surface area contributed by atoms with Gasteiger partial charge in [0.15, 0.2) is 5.84 Å². The van der Waals surface area contributed by atoms with Crippen molar-refractivity contribution in [3.05, 3.63) is 22.4 Å². The summed E-state index contributed by atoms with van der Waals surface area (Å²) in [4.78, 5) is 16.1. The number of carbonyl (C=O) groups excluding carboxylic acids is 1. The van der Waals surface area contributed by atoms with E-state index in [4.69, 9.17) is 22.1 Å². The number of rotatable bonds is 4. The molecule has 0 spiro atoms. The Balaban J connectivity index is 5.40. The first kappa shape index (κ1) is 20.8. The summed E-state index contributed by atoms with van der Waals surface area (Å²) < 4.78 is 5.71. The number of amides is 1. The van der Waals surface area contributed by atoms with E-state index in [9.17, 15) is 4.79 Å². The second-order valence-electron chi connectivity index (χ2n) is 5.94. The van der Waals surface area contributed by atoms with Gasteiger partial charge in [-0.3, -0.25) is 5.01 Å². The quantitative estimate of drug-likeness (QED) is 0.329. The summed E-state index contributed by atoms with van der Waals surface area (Å²) in [5.74, 6) is 0.573. The van der Waals surface area contributed by atoms with Gasteiger partial charge in [-0.05, 0) is 42.6 Å². The van der Waals surface area contributed by atoms with Crippen LogP contribution in [0.1, 0.15) is 34.6 Å². The molecule has 0 aliphatic carbocycles. The number of hydrazine groups is 1. The second kappa shape index (κ2) is 9.05. The molecule has 0 aliphatic heterocycles. The van der Waals surface area contributed by atoms with E-state index in [1.54, 1.807) is 20.8 Å². The standard InChI is InChI=1S/C14H24BrClN4O2/c1-9(2)8-20(19-13(21)22-14(4,5)6)12(11(15)7-17)18-10(3)16/h7,9H,3,8,17H2,1-2,4-6H3,(H,19,21)/b11-7+,18-12?. The van der Waals surface area contributed by atoms with Gasteiger partial charge in [0.05, 0.1) is 4.48 Å². The number of hydrogen-bond acceptors (Lipinski definition) is 4. The minimum Gasteiger partial charge on any atom is -0.443 e. The molecule has 0 rings (SSSR count). The lowest BCUT2D eigenvalue weighted by Crippen LogP contribution is -2.49. The number of hydrogen-bond donors (Lipinski definition) is 2. The predicted octanol–water partition coefficient (Wildman–Crippen LogP) is 3.69. The minimum absolute atomic E-state index is 0.0635. The third kappa shape index (κ3) is 8.94. The second-order valence-corrected chi connectivity index (χ2v) is 7.24. The number of amidine groups is 1. The Morgan fingerprint density at radius 3 is 2.45 bits per heavy atom. The molecule has 0 aromatic heterocycles. The minimum atomic E-state index is -0.609. The maximum Gasteiger partial charge on any atom is 0.426 e. The monoisotopic (exact) mass is 394 g/mol. The molecule has 22 heavy (non-hydrogen) atoms. The molecule has 0 heterocycles. The van der Waals surface area contributed by atoms with Crippen molar-refractivity contribution in [1.29, 1.82) is 0 Å². The Hall–Kier alpha value is -1.21. The van der Waals surface area contributed by atoms with Crippen LogP contribution in [0.5, 0.6) is 0 Å². The highest BCUT2D eigenvalue weighted by Crippen LogP contribution is 2.15. The van der Waals surface area contributed by atoms with Gasteiger partial charge in [-0.15, -0.1) is 0 Å². The van der Waals surface area contributed by atoms with E-state index >= 15 is 0 Å². The number of aliphatic imine (C=N–C) groups is 1. The molecule has 0 unspecified atom stereocenters. The molecule has 1 amide bonds. The van der Waals surface area contributed by atoms with Crippen molar-refractivity contribution in [3.63, 3.8) is 0 Å². The third-order valence-electron chi connectivity index (χ3n) is 2.02. The van der Waals surface area contributed by atoms with E-state index in [1.165, 1.54) is 11.2 Å². The van der Waals surface area contributed by atoms with Crippen LogP contribution in [0, 0.1) is 5.92 Å². The topological polar surface area (TPSA) is 80.0 Å². The van der Waals surface area contributed by atoms with Gasteiger partial charge in [-0.25, -0.2) is 15.2 Å². The Labute approximate surface area is 145 Å². The zero-order valence-electron chi connectivity index (χ0n) is 13.6. The molecular weight excluding hydrogens is 372 g/mol. The van der Waals surface area contributed by atoms with Gasteiger partial charge in [0.25, 0.3) is 0 Å². The van der Waals surface area contributed by atoms with Crippen LogP contribution in [0.15, 0.2) is 27.4 Å². The van der Waals surface area contributed by atoms with Crippen LogP contribution in [-0.2, 0) is 4.74 Å². The summed E-state index contributed by atoms with van der Waals surface area (Å²) in [5, 5.41) is 1.58. The Kier molecular flexibility index (Phi) is 8.55. The van der Waals surface area contributed by atoms with Gasteiger partial charge in [0.1, 0.15) is 10.8 Å². The maximum absolute atomic E-state index is 12.0. The average molecular weight is 396 g/mol. The molecule has 0 bridgehead atoms. The first-order valence-corrected chi connectivity index (χ1v) is 7.91. The van der Waals surface area contributed by atoms with Crippen LogP contribution in [-0.4, -0.2) is 29.1 Å². The first-order chi connectivity index (χ1) is 9.96. The zero-order valence-corrected chi connectivity index (χ0v) is 16.0. The number of nitrogens with one attached hydrogen (secondary N) is 1. The highest BCUT2D eigenvalue weighted by molar-refractivity contribution is 9.12. The van der Waals surface area contributed by atoms with E-state index in [0.29, 0.717) is 16.9 Å². The lowest BCUT2D eigenvalue weighted by molar-refractivity contribution is 0.0408. The molecule has 0 aromatic carbocycles. The van der Waals surface area contributed by atoms with Gasteiger partial charge >= 0.3 is 6.09 Å². The van der Waals surface area contributed by atoms with E-state index in [2.05, 4.69) is 32.9 Å². The van der Waals surface area contributed by atoms with Crippen molar-refractivity contribution in [2.75, 3.05) is 6.54 Å². The van der Waals surface area contributed by atoms with Crippen LogP contribution in [0.3, 0.4) is 0 Å². The van der Waals surface area contributed by atoms with Crippen LogP contribution in [0.25, 0.3) is 0 Å². The average Bonchev–Trinajstić information content (AvgIpc) is 2.31. The number of ether oxygens (including phenoxy) is 1. The van der Waals surface area contributed by atoms with Crippen LogP contribution in [0.4, 0.5) is 4.79 Å². The van der Waals surface area contributed by atoms with Gasteiger partial charge < -0.3 is 10.5 Å². The largest absolute Gasteiger partial charge is 0.443 e. The molecule has 0 atom stereocenters. The third-order valence-corrected chi connectivity index (χ3v) is 2.72. The lowest BCUT2D eigenvalue weighted by atomic mass is 10.2. The van der Waals surface area contributed by atoms with Crippen LogP contribution < -0.4 is 11.2 Å². The molecule has 0 saturated heterocycles. The van der Waals surface area contributed by atoms with Crippen molar-refractivity contribution in [2.24, 2.45) is 16.6 Å². The SMILES string of the molecule is C=C(Cl)N=C(/C(Br)=C\N)N(CC(C)C)NC(=O)OC(C)(C)C. The first-order valence-electron chi connectivity index (χ1n) is 6.74. The normalized spacial score (nSPS) is 13.1. The van der Waals surface area contributed by atoms with Gasteiger partial charge in [-0.2, -0.15) is 0 Å². The Morgan fingerprint density at radius 2 is 2.09 bits per heavy atom. The summed E-state index contributed by atoms with van der Waals surface area (Å²) in [6.07, 6.45) is 0.710. The molecule has 0 radical (unpaired) electrons. The van der Waals surface area contributed by atoms with Gasteiger partial charge in [0, 0.05) is 12.7 Å². The summed E-state index contributed by atoms with van der Waals surface area (Å²) >= 11 is 9.04. The fraction of sp³-hybridized carbons (Fsp3) is 0.571. The molecule has 3 N–H and O–H groups in total. The highest BCUT2D eigenvalue weighted by atomic mass is 79.9. The number of halogens is 2. The van der Waals surface area contributed by atoms with Crippen molar-refractivity contribution in [3.8, 4) is 0 Å². The van der Waals surface area contributed by atoms with Crippen LogP contribution in [0.2, 0.25) is 0 Å². The number of carbonyl (C=O) groups is 1. The Morgan fingerprint density at radius 1 is 1.55 bits per heavy atom. The van der Waals surface area contributed by atoms with Crippen molar-refractivity contribution in [1.82, 2.24) is 10.4 Å². The molecule has 0 aromatic rings. The molecule has 0 fully saturated rings. The van der Waals surface area contributed by atoms with E-state index in [-0.39, 0.29) is 11.1 Å². The van der Waals surface area contributed by atoms with Crippen molar-refractivity contribution < 1.29 is 9.53 Å². The summed E-state index contributed by atoms with van der Waals surface area (Å²) in [7, 11) is 0. The van der Waals surface area contributed by atoms with Crippen LogP contribution >= 0.6 is 27.5 Å². The fourth-order valence-electron chi connectivity index (χ4n) is 1.39. The predicted molar refractivity (Wildman–Crippen MR) is 94.5 cm³/mol. The van der Waals surface area contributed by atoms with E-state index < -0.39 is 11.7 Å². The summed E-state index contributed by atoms with van der Waals surface area (Å²) in [5.41, 5.74) is 7.55. The molecule has 8 heteroatoms. The van der Waals surface area contributed by atoms with E-state index in [1.807, 2.05) is 13.8 Å². The highest BCUT2D eigenvalue weighted by Gasteiger charge is 2.22. The number of nitrogens with zero attached hydrogens (tertiary/aromatic N) is 2. The smallest absolute Gasteiger partial charge is 0.426 e. The van der Waals surface area contributed by atoms with Gasteiger partial charge in [-0.1, -0.05) is 32.0 Å². The molecule has 6 nitrogen and oxygen atoms in total. The Bertz CT molecular complexity index is 470. The zero-order chi connectivity index (χ0) is 17.5. The van der Waals surface area contributed by atoms with Gasteiger partial charge in [0.2, 0.25) is 0 Å². The van der Waals surface area contributed by atoms with Crippen molar-refractivity contribution in [2.45, 2.75) is 40.2 Å². The molecule has 0 saturated carbocycles. The molecular formula is C14H24BrClN4O2. The summed E-state index contributed by atoms with van der Waals surface area (Å²) in [6.45, 7) is 13.3. The lowest BCUT2D eigenvalue weighted by Gasteiger charge is -2.29. The molecule has 0 aliphatic rings. The molecule has 126 valence electrons. The number of nitrogens with two attached hydrogens (primary N) is 1. The van der Waals surface area contributed by atoms with E-state index in [0.717, 1.165) is 0 Å². The maximum atomic E-state index is 12.0. The summed E-state index contributed by atoms with van der Waals surface area (Å²) in [6, 6.07) is 0.